The van der Waals surface area contributed by atoms with E-state index in [9.17, 15) is 4.79 Å². The molecule has 1 amide bonds. The topological polar surface area (TPSA) is 95.1 Å². The van der Waals surface area contributed by atoms with Crippen molar-refractivity contribution >= 4 is 33.5 Å². The Kier molecular flexibility index (Phi) is 4.14. The third-order valence-electron chi connectivity index (χ3n) is 8.43. The molecule has 4 aromatic rings. The highest BCUT2D eigenvalue weighted by atomic mass is 16.5. The highest BCUT2D eigenvalue weighted by molar-refractivity contribution is 6.07. The fourth-order valence-electron chi connectivity index (χ4n) is 7.78. The summed E-state index contributed by atoms with van der Waals surface area (Å²) in [7, 11) is 1.63. The van der Waals surface area contributed by atoms with E-state index in [4.69, 9.17) is 9.15 Å². The van der Waals surface area contributed by atoms with Gasteiger partial charge in [-0.2, -0.15) is 4.80 Å². The molecule has 0 aliphatic heterocycles. The predicted molar refractivity (Wildman–Crippen MR) is 126 cm³/mol. The third kappa shape index (κ3) is 2.97. The number of rotatable bonds is 5. The summed E-state index contributed by atoms with van der Waals surface area (Å²) in [6.45, 7) is 0. The molecule has 1 N–H and O–H groups in total. The van der Waals surface area contributed by atoms with Crippen LogP contribution in [0.3, 0.4) is 0 Å². The number of tetrazole rings is 1. The highest BCUT2D eigenvalue weighted by Crippen LogP contribution is 2.65. The second-order valence-electron chi connectivity index (χ2n) is 10.8. The number of para-hydroxylation sites is 1. The maximum absolute atomic E-state index is 13.4. The van der Waals surface area contributed by atoms with E-state index in [-0.39, 0.29) is 16.9 Å². The number of furan rings is 1. The minimum Gasteiger partial charge on any atom is -0.495 e. The quantitative estimate of drug-likeness (QED) is 0.458. The second-order valence-corrected chi connectivity index (χ2v) is 10.8. The van der Waals surface area contributed by atoms with E-state index >= 15 is 0 Å². The van der Waals surface area contributed by atoms with Crippen molar-refractivity contribution in [3.8, 4) is 5.75 Å². The summed E-state index contributed by atoms with van der Waals surface area (Å²) in [5.41, 5.74) is 2.10. The predicted octanol–water partition coefficient (Wildman–Crippen LogP) is 4.91. The molecule has 0 spiro atoms. The molecule has 8 nitrogen and oxygen atoms in total. The van der Waals surface area contributed by atoms with Crippen LogP contribution in [0.1, 0.15) is 44.9 Å². The zero-order chi connectivity index (χ0) is 22.9. The van der Waals surface area contributed by atoms with Gasteiger partial charge in [-0.15, -0.1) is 10.2 Å². The van der Waals surface area contributed by atoms with Gasteiger partial charge < -0.3 is 14.5 Å². The van der Waals surface area contributed by atoms with Crippen LogP contribution < -0.4 is 10.1 Å². The van der Waals surface area contributed by atoms with Crippen LogP contribution in [-0.2, 0) is 10.3 Å². The Morgan fingerprint density at radius 2 is 1.97 bits per heavy atom. The number of aromatic nitrogens is 4. The van der Waals surface area contributed by atoms with Gasteiger partial charge in [0.2, 0.25) is 5.91 Å². The van der Waals surface area contributed by atoms with Crippen molar-refractivity contribution in [2.24, 2.45) is 17.3 Å². The lowest BCUT2D eigenvalue weighted by Crippen LogP contribution is -2.57. The first-order valence-corrected chi connectivity index (χ1v) is 12.1. The summed E-state index contributed by atoms with van der Waals surface area (Å²) in [4.78, 5) is 15.3. The van der Waals surface area contributed by atoms with Crippen molar-refractivity contribution in [1.82, 2.24) is 20.2 Å². The maximum Gasteiger partial charge on any atom is 0.225 e. The van der Waals surface area contributed by atoms with Crippen LogP contribution in [0.4, 0.5) is 5.69 Å². The van der Waals surface area contributed by atoms with Crippen LogP contribution in [-0.4, -0.2) is 33.2 Å². The van der Waals surface area contributed by atoms with Gasteiger partial charge in [-0.1, -0.05) is 18.2 Å². The molecule has 8 rings (SSSR count). The van der Waals surface area contributed by atoms with Gasteiger partial charge in [-0.25, -0.2) is 0 Å². The Morgan fingerprint density at radius 1 is 1.15 bits per heavy atom. The van der Waals surface area contributed by atoms with E-state index in [1.807, 2.05) is 41.2 Å². The van der Waals surface area contributed by atoms with Crippen molar-refractivity contribution in [2.45, 2.75) is 50.5 Å². The number of hydrogen-bond donors (Lipinski definition) is 1. The van der Waals surface area contributed by atoms with Gasteiger partial charge in [0.25, 0.3) is 0 Å². The SMILES string of the molecule is COc1cc2c(cc1NC(=O)CC13C[C@@H]4C[C@@H](C1)CC(n1ncnn1)(C4)C3)oc1ccccc12. The molecule has 4 fully saturated rings. The van der Waals surface area contributed by atoms with E-state index < -0.39 is 0 Å². The molecule has 4 aliphatic carbocycles. The number of anilines is 1. The van der Waals surface area contributed by atoms with Crippen molar-refractivity contribution in [2.75, 3.05) is 12.4 Å². The van der Waals surface area contributed by atoms with Crippen molar-refractivity contribution in [3.63, 3.8) is 0 Å². The fourth-order valence-corrected chi connectivity index (χ4v) is 7.78. The first-order valence-electron chi connectivity index (χ1n) is 12.1. The summed E-state index contributed by atoms with van der Waals surface area (Å²) >= 11 is 0. The number of nitrogens with one attached hydrogen (secondary N) is 1. The van der Waals surface area contributed by atoms with Crippen LogP contribution in [0.15, 0.2) is 47.1 Å². The normalized spacial score (nSPS) is 29.7. The summed E-state index contributed by atoms with van der Waals surface area (Å²) < 4.78 is 11.7. The Hall–Kier alpha value is -3.42. The van der Waals surface area contributed by atoms with Crippen molar-refractivity contribution in [1.29, 1.82) is 0 Å². The third-order valence-corrected chi connectivity index (χ3v) is 8.43. The van der Waals surface area contributed by atoms with E-state index in [1.165, 1.54) is 12.7 Å². The van der Waals surface area contributed by atoms with Crippen LogP contribution in [0, 0.1) is 17.3 Å². The summed E-state index contributed by atoms with van der Waals surface area (Å²) in [5, 5.41) is 17.8. The monoisotopic (exact) mass is 457 g/mol. The van der Waals surface area contributed by atoms with Crippen LogP contribution in [0.2, 0.25) is 0 Å². The molecular weight excluding hydrogens is 430 g/mol. The Balaban J connectivity index is 1.18. The number of amides is 1. The molecule has 4 saturated carbocycles. The standard InChI is InChI=1S/C26H27N5O3/c1-33-23-7-19-18-4-2-3-5-21(18)34-22(19)8-20(23)29-24(32)13-25-9-16-6-17(10-25)12-26(11-16,14-25)31-28-15-27-30-31/h2-5,7-8,15-17H,6,9-14H2,1H3,(H,29,32)/t16-,17-,25?,26?/m0/s1. The van der Waals surface area contributed by atoms with Gasteiger partial charge in [0.05, 0.1) is 18.3 Å². The van der Waals surface area contributed by atoms with Crippen LogP contribution >= 0.6 is 0 Å². The number of nitrogens with zero attached hydrogens (tertiary/aromatic N) is 4. The summed E-state index contributed by atoms with van der Waals surface area (Å²) in [5.74, 6) is 1.92. The number of carbonyl (C=O) groups excluding carboxylic acids is 1. The molecule has 4 aliphatic rings. The number of carbonyl (C=O) groups is 1. The molecule has 34 heavy (non-hydrogen) atoms. The van der Waals surface area contributed by atoms with Gasteiger partial charge in [-0.05, 0) is 73.1 Å². The Morgan fingerprint density at radius 3 is 2.74 bits per heavy atom. The number of fused-ring (bicyclic) bond motifs is 3. The molecular formula is C26H27N5O3. The minimum absolute atomic E-state index is 0.0154. The molecule has 2 aromatic heterocycles. The summed E-state index contributed by atoms with van der Waals surface area (Å²) in [6, 6.07) is 11.8. The van der Waals surface area contributed by atoms with E-state index in [1.54, 1.807) is 7.11 Å². The van der Waals surface area contributed by atoms with Gasteiger partial charge in [0, 0.05) is 23.3 Å². The Bertz CT molecular complexity index is 1390. The molecule has 2 aromatic carbocycles. The number of hydrogen-bond acceptors (Lipinski definition) is 6. The number of benzene rings is 2. The van der Waals surface area contributed by atoms with E-state index in [0.717, 1.165) is 54.0 Å². The number of ether oxygens (including phenoxy) is 1. The van der Waals surface area contributed by atoms with Crippen LogP contribution in [0.25, 0.3) is 21.9 Å². The molecule has 8 heteroatoms. The molecule has 4 bridgehead atoms. The lowest BCUT2D eigenvalue weighted by molar-refractivity contribution is -0.135. The largest absolute Gasteiger partial charge is 0.495 e. The first-order chi connectivity index (χ1) is 16.5. The first kappa shape index (κ1) is 20.0. The highest BCUT2D eigenvalue weighted by Gasteiger charge is 2.59. The molecule has 0 saturated heterocycles. The lowest BCUT2D eigenvalue weighted by Gasteiger charge is -2.61. The molecule has 2 heterocycles. The van der Waals surface area contributed by atoms with Crippen LogP contribution in [0.5, 0.6) is 5.75 Å². The minimum atomic E-state index is -0.0915. The number of methoxy groups -OCH3 is 1. The van der Waals surface area contributed by atoms with Crippen molar-refractivity contribution < 1.29 is 13.9 Å². The fraction of sp³-hybridized carbons (Fsp3) is 0.462. The average molecular weight is 458 g/mol. The lowest BCUT2D eigenvalue weighted by atomic mass is 9.46. The van der Waals surface area contributed by atoms with Gasteiger partial charge in [0.15, 0.2) is 6.33 Å². The Labute approximate surface area is 196 Å². The van der Waals surface area contributed by atoms with Gasteiger partial charge in [0.1, 0.15) is 16.9 Å². The zero-order valence-electron chi connectivity index (χ0n) is 19.2. The second kappa shape index (κ2) is 7.04. The maximum atomic E-state index is 13.4. The van der Waals surface area contributed by atoms with Gasteiger partial charge >= 0.3 is 0 Å². The smallest absolute Gasteiger partial charge is 0.225 e. The average Bonchev–Trinajstić information content (AvgIpc) is 3.46. The van der Waals surface area contributed by atoms with E-state index in [2.05, 4.69) is 20.7 Å². The zero-order valence-corrected chi connectivity index (χ0v) is 19.2. The molecule has 0 unspecified atom stereocenters. The summed E-state index contributed by atoms with van der Waals surface area (Å²) in [6.07, 6.45) is 8.63. The van der Waals surface area contributed by atoms with E-state index in [0.29, 0.717) is 29.7 Å². The molecule has 2 atom stereocenters. The van der Waals surface area contributed by atoms with Gasteiger partial charge in [-0.3, -0.25) is 4.79 Å². The molecule has 174 valence electrons. The molecule has 0 radical (unpaired) electrons. The van der Waals surface area contributed by atoms with Crippen molar-refractivity contribution in [3.05, 3.63) is 42.7 Å².